The van der Waals surface area contributed by atoms with Crippen molar-refractivity contribution in [2.24, 2.45) is 0 Å². The summed E-state index contributed by atoms with van der Waals surface area (Å²) in [5, 5.41) is 0. The molecule has 4 rings (SSSR count). The molecule has 0 unspecified atom stereocenters. The number of fused-ring (bicyclic) bond motifs is 1. The van der Waals surface area contributed by atoms with E-state index in [2.05, 4.69) is 19.9 Å². The van der Waals surface area contributed by atoms with Gasteiger partial charge in [-0.3, -0.25) is 9.69 Å². The van der Waals surface area contributed by atoms with Crippen molar-refractivity contribution in [2.45, 2.75) is 19.5 Å². The van der Waals surface area contributed by atoms with Crippen LogP contribution in [0.3, 0.4) is 0 Å². The van der Waals surface area contributed by atoms with Crippen molar-refractivity contribution >= 4 is 5.69 Å². The van der Waals surface area contributed by atoms with Crippen LogP contribution in [0.2, 0.25) is 0 Å². The van der Waals surface area contributed by atoms with Crippen molar-refractivity contribution in [1.29, 1.82) is 0 Å². The Morgan fingerprint density at radius 2 is 2.00 bits per heavy atom. The maximum Gasteiger partial charge on any atom is 0.255 e. The summed E-state index contributed by atoms with van der Waals surface area (Å²) in [6.07, 6.45) is 2.22. The molecule has 0 bridgehead atoms. The third-order valence-electron chi connectivity index (χ3n) is 4.53. The van der Waals surface area contributed by atoms with Gasteiger partial charge in [0.2, 0.25) is 5.95 Å². The Hall–Kier alpha value is -3.06. The zero-order chi connectivity index (χ0) is 18.1. The average molecular weight is 351 g/mol. The standard InChI is InChI=1S/C19H18FN5O/c20-17-6-1-12(9-22-17)10-25-8-7-16-15(11-25)19(26)24-18(23-16)13-2-4-14(21)5-3-13/h1-6,9H,7-8,10-11,21H2,(H,23,24,26). The Bertz CT molecular complexity index is 982. The van der Waals surface area contributed by atoms with Gasteiger partial charge in [-0.1, -0.05) is 6.07 Å². The Morgan fingerprint density at radius 3 is 2.73 bits per heavy atom. The van der Waals surface area contributed by atoms with E-state index in [-0.39, 0.29) is 5.56 Å². The highest BCUT2D eigenvalue weighted by Crippen LogP contribution is 2.20. The lowest BCUT2D eigenvalue weighted by molar-refractivity contribution is 0.241. The number of rotatable bonds is 3. The van der Waals surface area contributed by atoms with Crippen LogP contribution in [0.5, 0.6) is 0 Å². The lowest BCUT2D eigenvalue weighted by atomic mass is 10.1. The molecule has 132 valence electrons. The predicted molar refractivity (Wildman–Crippen MR) is 96.7 cm³/mol. The summed E-state index contributed by atoms with van der Waals surface area (Å²) in [6.45, 7) is 1.91. The molecule has 1 aliphatic heterocycles. The molecule has 26 heavy (non-hydrogen) atoms. The lowest BCUT2D eigenvalue weighted by Gasteiger charge is -2.27. The van der Waals surface area contributed by atoms with E-state index < -0.39 is 5.95 Å². The van der Waals surface area contributed by atoms with Crippen LogP contribution >= 0.6 is 0 Å². The number of nitrogens with two attached hydrogens (primary N) is 1. The van der Waals surface area contributed by atoms with Gasteiger partial charge in [0.15, 0.2) is 0 Å². The summed E-state index contributed by atoms with van der Waals surface area (Å²) >= 11 is 0. The fourth-order valence-corrected chi connectivity index (χ4v) is 3.15. The number of hydrogen-bond acceptors (Lipinski definition) is 5. The Balaban J connectivity index is 1.57. The number of nitrogens with one attached hydrogen (secondary N) is 1. The minimum atomic E-state index is -0.492. The maximum absolute atomic E-state index is 12.9. The summed E-state index contributed by atoms with van der Waals surface area (Å²) in [4.78, 5) is 25.9. The summed E-state index contributed by atoms with van der Waals surface area (Å²) in [5.74, 6) is 0.0681. The number of pyridine rings is 1. The highest BCUT2D eigenvalue weighted by molar-refractivity contribution is 5.58. The molecular weight excluding hydrogens is 333 g/mol. The molecule has 0 radical (unpaired) electrons. The first kappa shape index (κ1) is 16.4. The molecule has 0 saturated heterocycles. The van der Waals surface area contributed by atoms with Gasteiger partial charge in [-0.15, -0.1) is 0 Å². The monoisotopic (exact) mass is 351 g/mol. The smallest absolute Gasteiger partial charge is 0.255 e. The van der Waals surface area contributed by atoms with Gasteiger partial charge in [0, 0.05) is 43.5 Å². The Morgan fingerprint density at radius 1 is 1.19 bits per heavy atom. The second-order valence-electron chi connectivity index (χ2n) is 6.41. The van der Waals surface area contributed by atoms with E-state index in [1.165, 1.54) is 12.3 Å². The van der Waals surface area contributed by atoms with Gasteiger partial charge in [-0.2, -0.15) is 4.39 Å². The predicted octanol–water partition coefficient (Wildman–Crippen LogP) is 2.11. The SMILES string of the molecule is Nc1ccc(-c2nc3c(c(=O)[nH]2)CN(Cc2ccc(F)nc2)CC3)cc1. The van der Waals surface area contributed by atoms with E-state index in [0.717, 1.165) is 23.4 Å². The first-order chi connectivity index (χ1) is 12.6. The van der Waals surface area contributed by atoms with Crippen molar-refractivity contribution in [1.82, 2.24) is 19.9 Å². The molecule has 0 atom stereocenters. The lowest BCUT2D eigenvalue weighted by Crippen LogP contribution is -2.35. The van der Waals surface area contributed by atoms with E-state index >= 15 is 0 Å². The average Bonchev–Trinajstić information content (AvgIpc) is 2.64. The molecule has 1 aromatic carbocycles. The number of aromatic nitrogens is 3. The largest absolute Gasteiger partial charge is 0.399 e. The molecule has 3 aromatic rings. The van der Waals surface area contributed by atoms with E-state index in [9.17, 15) is 9.18 Å². The van der Waals surface area contributed by atoms with Crippen LogP contribution in [0.4, 0.5) is 10.1 Å². The maximum atomic E-state index is 12.9. The van der Waals surface area contributed by atoms with Crippen LogP contribution in [0.25, 0.3) is 11.4 Å². The first-order valence-electron chi connectivity index (χ1n) is 8.39. The van der Waals surface area contributed by atoms with E-state index in [1.54, 1.807) is 18.2 Å². The molecule has 3 N–H and O–H groups in total. The third-order valence-corrected chi connectivity index (χ3v) is 4.53. The molecule has 0 spiro atoms. The van der Waals surface area contributed by atoms with Crippen LogP contribution in [0, 0.1) is 5.95 Å². The fourth-order valence-electron chi connectivity index (χ4n) is 3.15. The number of benzene rings is 1. The van der Waals surface area contributed by atoms with Crippen LogP contribution in [-0.4, -0.2) is 26.4 Å². The second-order valence-corrected chi connectivity index (χ2v) is 6.41. The molecule has 0 aliphatic carbocycles. The van der Waals surface area contributed by atoms with E-state index in [0.29, 0.717) is 36.6 Å². The number of nitrogen functional groups attached to an aromatic ring is 1. The van der Waals surface area contributed by atoms with Gasteiger partial charge in [0.1, 0.15) is 5.82 Å². The van der Waals surface area contributed by atoms with E-state index in [4.69, 9.17) is 5.73 Å². The van der Waals surface area contributed by atoms with Gasteiger partial charge in [-0.25, -0.2) is 9.97 Å². The van der Waals surface area contributed by atoms with Gasteiger partial charge >= 0.3 is 0 Å². The zero-order valence-corrected chi connectivity index (χ0v) is 14.1. The molecule has 0 fully saturated rings. The number of nitrogens with zero attached hydrogens (tertiary/aromatic N) is 3. The minimum absolute atomic E-state index is 0.122. The molecule has 1 aliphatic rings. The number of anilines is 1. The van der Waals surface area contributed by atoms with Gasteiger partial charge in [0.05, 0.1) is 11.3 Å². The van der Waals surface area contributed by atoms with Crippen molar-refractivity contribution in [3.8, 4) is 11.4 Å². The van der Waals surface area contributed by atoms with Crippen molar-refractivity contribution < 1.29 is 4.39 Å². The van der Waals surface area contributed by atoms with Crippen molar-refractivity contribution in [3.05, 3.63) is 75.7 Å². The highest BCUT2D eigenvalue weighted by atomic mass is 19.1. The van der Waals surface area contributed by atoms with Gasteiger partial charge in [0.25, 0.3) is 5.56 Å². The number of halogens is 1. The molecule has 0 saturated carbocycles. The van der Waals surface area contributed by atoms with Gasteiger partial charge in [-0.05, 0) is 35.9 Å². The summed E-state index contributed by atoms with van der Waals surface area (Å²) < 4.78 is 12.9. The van der Waals surface area contributed by atoms with Crippen LogP contribution < -0.4 is 11.3 Å². The summed E-state index contributed by atoms with van der Waals surface area (Å²) in [5.41, 5.74) is 9.51. The van der Waals surface area contributed by atoms with Crippen LogP contribution in [-0.2, 0) is 19.5 Å². The number of aromatic amines is 1. The molecule has 7 heteroatoms. The summed E-state index contributed by atoms with van der Waals surface area (Å²) in [7, 11) is 0. The minimum Gasteiger partial charge on any atom is -0.399 e. The quantitative estimate of drug-likeness (QED) is 0.557. The van der Waals surface area contributed by atoms with Gasteiger partial charge < -0.3 is 10.7 Å². The fraction of sp³-hybridized carbons (Fsp3) is 0.211. The summed E-state index contributed by atoms with van der Waals surface area (Å²) in [6, 6.07) is 10.3. The zero-order valence-electron chi connectivity index (χ0n) is 14.1. The van der Waals surface area contributed by atoms with Crippen molar-refractivity contribution in [2.75, 3.05) is 12.3 Å². The molecule has 2 aromatic heterocycles. The Labute approximate surface area is 149 Å². The molecule has 0 amide bonds. The molecule has 6 nitrogen and oxygen atoms in total. The Kier molecular flexibility index (Phi) is 4.22. The van der Waals surface area contributed by atoms with Crippen LogP contribution in [0.15, 0.2) is 47.4 Å². The molecule has 3 heterocycles. The van der Waals surface area contributed by atoms with E-state index in [1.807, 2.05) is 12.1 Å². The topological polar surface area (TPSA) is 87.9 Å². The third kappa shape index (κ3) is 3.34. The van der Waals surface area contributed by atoms with Crippen LogP contribution in [0.1, 0.15) is 16.8 Å². The highest BCUT2D eigenvalue weighted by Gasteiger charge is 2.21. The second kappa shape index (κ2) is 6.68. The number of hydrogen-bond donors (Lipinski definition) is 2. The molecular formula is C19H18FN5O. The first-order valence-corrected chi connectivity index (χ1v) is 8.39. The van der Waals surface area contributed by atoms with Crippen molar-refractivity contribution in [3.63, 3.8) is 0 Å². The number of H-pyrrole nitrogens is 1. The normalized spacial score (nSPS) is 14.2.